The Morgan fingerprint density at radius 3 is 2.46 bits per heavy atom. The van der Waals surface area contributed by atoms with Crippen LogP contribution in [0.2, 0.25) is 0 Å². The van der Waals surface area contributed by atoms with Gasteiger partial charge in [0.25, 0.3) is 5.91 Å². The Kier molecular flexibility index (Phi) is 3.83. The van der Waals surface area contributed by atoms with E-state index in [1.807, 2.05) is 31.2 Å². The number of ether oxygens (including phenoxy) is 2. The molecule has 2 aliphatic heterocycles. The van der Waals surface area contributed by atoms with Gasteiger partial charge < -0.3 is 14.8 Å². The first-order valence-corrected chi connectivity index (χ1v) is 8.57. The zero-order chi connectivity index (χ0) is 18.3. The molecule has 0 radical (unpaired) electrons. The van der Waals surface area contributed by atoms with Crippen LogP contribution in [0.15, 0.2) is 42.5 Å². The summed E-state index contributed by atoms with van der Waals surface area (Å²) in [6.07, 6.45) is 0. The monoisotopic (exact) mass is 352 g/mol. The lowest BCUT2D eigenvalue weighted by Gasteiger charge is -2.25. The largest absolute Gasteiger partial charge is 0.486 e. The molecule has 0 saturated carbocycles. The summed E-state index contributed by atoms with van der Waals surface area (Å²) in [6, 6.07) is 12.7. The number of fused-ring (bicyclic) bond motifs is 1. The molecular weight excluding hydrogens is 332 g/mol. The van der Waals surface area contributed by atoms with Crippen LogP contribution in [-0.4, -0.2) is 30.1 Å². The molecule has 1 fully saturated rings. The molecule has 134 valence electrons. The molecule has 2 aromatic carbocycles. The number of imide groups is 1. The topological polar surface area (TPSA) is 67.9 Å². The first kappa shape index (κ1) is 16.4. The summed E-state index contributed by atoms with van der Waals surface area (Å²) in [5, 5.41) is 2.83. The SMILES string of the molecule is Cc1ccc(CN2C(=O)N[C@](C)(c3ccc4c(c3)OCCO4)C2=O)cc1. The highest BCUT2D eigenvalue weighted by Crippen LogP contribution is 2.37. The Labute approximate surface area is 151 Å². The van der Waals surface area contributed by atoms with Crippen LogP contribution in [0.3, 0.4) is 0 Å². The molecule has 0 spiro atoms. The molecule has 6 heteroatoms. The molecule has 1 atom stereocenters. The predicted octanol–water partition coefficient (Wildman–Crippen LogP) is 2.73. The van der Waals surface area contributed by atoms with Gasteiger partial charge in [0.05, 0.1) is 6.54 Å². The minimum Gasteiger partial charge on any atom is -0.486 e. The quantitative estimate of drug-likeness (QED) is 0.863. The fourth-order valence-electron chi connectivity index (χ4n) is 3.27. The third-order valence-electron chi connectivity index (χ3n) is 4.86. The van der Waals surface area contributed by atoms with Gasteiger partial charge in [0.1, 0.15) is 18.8 Å². The highest BCUT2D eigenvalue weighted by Gasteiger charge is 2.49. The maximum absolute atomic E-state index is 13.0. The van der Waals surface area contributed by atoms with E-state index in [0.717, 1.165) is 11.1 Å². The van der Waals surface area contributed by atoms with Crippen molar-refractivity contribution >= 4 is 11.9 Å². The Balaban J connectivity index is 1.62. The Hall–Kier alpha value is -3.02. The number of hydrogen-bond donors (Lipinski definition) is 1. The summed E-state index contributed by atoms with van der Waals surface area (Å²) < 4.78 is 11.1. The van der Waals surface area contributed by atoms with Crippen molar-refractivity contribution in [2.24, 2.45) is 0 Å². The molecule has 1 N–H and O–H groups in total. The summed E-state index contributed by atoms with van der Waals surface area (Å²) in [6.45, 7) is 4.92. The number of carbonyl (C=O) groups is 2. The molecule has 1 saturated heterocycles. The third kappa shape index (κ3) is 2.67. The minimum atomic E-state index is -1.13. The number of aryl methyl sites for hydroxylation is 1. The van der Waals surface area contributed by atoms with Crippen LogP contribution in [0.4, 0.5) is 4.79 Å². The normalized spacial score (nSPS) is 21.7. The molecule has 0 bridgehead atoms. The number of carbonyl (C=O) groups excluding carboxylic acids is 2. The number of amides is 3. The van der Waals surface area contributed by atoms with E-state index in [0.29, 0.717) is 30.3 Å². The Bertz CT molecular complexity index is 878. The summed E-state index contributed by atoms with van der Waals surface area (Å²) in [5.74, 6) is 0.964. The van der Waals surface area contributed by atoms with Gasteiger partial charge in [0.2, 0.25) is 0 Å². The van der Waals surface area contributed by atoms with Gasteiger partial charge in [0.15, 0.2) is 11.5 Å². The van der Waals surface area contributed by atoms with E-state index in [-0.39, 0.29) is 12.5 Å². The van der Waals surface area contributed by atoms with Crippen molar-refractivity contribution in [3.63, 3.8) is 0 Å². The van der Waals surface area contributed by atoms with Crippen molar-refractivity contribution in [3.05, 3.63) is 59.2 Å². The first-order valence-electron chi connectivity index (χ1n) is 8.57. The number of hydrogen-bond acceptors (Lipinski definition) is 4. The molecule has 0 aromatic heterocycles. The van der Waals surface area contributed by atoms with Gasteiger partial charge in [-0.2, -0.15) is 0 Å². The zero-order valence-electron chi connectivity index (χ0n) is 14.7. The van der Waals surface area contributed by atoms with Crippen molar-refractivity contribution in [1.29, 1.82) is 0 Å². The molecule has 6 nitrogen and oxygen atoms in total. The predicted molar refractivity (Wildman–Crippen MR) is 95.0 cm³/mol. The average Bonchev–Trinajstić information content (AvgIpc) is 2.87. The van der Waals surface area contributed by atoms with E-state index < -0.39 is 11.6 Å². The molecule has 0 unspecified atom stereocenters. The summed E-state index contributed by atoms with van der Waals surface area (Å²) in [7, 11) is 0. The number of nitrogens with zero attached hydrogens (tertiary/aromatic N) is 1. The van der Waals surface area contributed by atoms with Crippen LogP contribution in [0.1, 0.15) is 23.6 Å². The number of urea groups is 1. The van der Waals surface area contributed by atoms with Gasteiger partial charge in [-0.15, -0.1) is 0 Å². The highest BCUT2D eigenvalue weighted by atomic mass is 16.6. The fraction of sp³-hybridized carbons (Fsp3) is 0.300. The van der Waals surface area contributed by atoms with E-state index >= 15 is 0 Å². The van der Waals surface area contributed by atoms with Crippen molar-refractivity contribution in [2.75, 3.05) is 13.2 Å². The van der Waals surface area contributed by atoms with Gasteiger partial charge in [-0.1, -0.05) is 35.9 Å². The second-order valence-corrected chi connectivity index (χ2v) is 6.79. The minimum absolute atomic E-state index is 0.241. The lowest BCUT2D eigenvalue weighted by atomic mass is 9.91. The van der Waals surface area contributed by atoms with Crippen LogP contribution < -0.4 is 14.8 Å². The third-order valence-corrected chi connectivity index (χ3v) is 4.86. The van der Waals surface area contributed by atoms with Crippen LogP contribution in [0.25, 0.3) is 0 Å². The number of rotatable bonds is 3. The molecular formula is C20H20N2O4. The van der Waals surface area contributed by atoms with Crippen molar-refractivity contribution < 1.29 is 19.1 Å². The fourth-order valence-corrected chi connectivity index (χ4v) is 3.27. The maximum atomic E-state index is 13.0. The molecule has 4 rings (SSSR count). The smallest absolute Gasteiger partial charge is 0.325 e. The molecule has 0 aliphatic carbocycles. The van der Waals surface area contributed by atoms with Gasteiger partial charge in [-0.3, -0.25) is 9.69 Å². The van der Waals surface area contributed by atoms with Crippen molar-refractivity contribution in [1.82, 2.24) is 10.2 Å². The lowest BCUT2D eigenvalue weighted by molar-refractivity contribution is -0.131. The summed E-state index contributed by atoms with van der Waals surface area (Å²) in [5.41, 5.74) is 1.58. The Morgan fingerprint density at radius 2 is 1.73 bits per heavy atom. The molecule has 3 amide bonds. The number of benzene rings is 2. The lowest BCUT2D eigenvalue weighted by Crippen LogP contribution is -2.41. The van der Waals surface area contributed by atoms with E-state index in [2.05, 4.69) is 5.32 Å². The highest BCUT2D eigenvalue weighted by molar-refractivity contribution is 6.07. The molecule has 2 aliphatic rings. The molecule has 26 heavy (non-hydrogen) atoms. The standard InChI is InChI=1S/C20H20N2O4/c1-13-3-5-14(6-4-13)12-22-18(23)20(2,21-19(22)24)15-7-8-16-17(11-15)26-10-9-25-16/h3-8,11H,9-10,12H2,1-2H3,(H,21,24)/t20-/m1/s1. The van der Waals surface area contributed by atoms with E-state index in [4.69, 9.17) is 9.47 Å². The average molecular weight is 352 g/mol. The summed E-state index contributed by atoms with van der Waals surface area (Å²) >= 11 is 0. The first-order chi connectivity index (χ1) is 12.5. The van der Waals surface area contributed by atoms with Crippen molar-refractivity contribution in [3.8, 4) is 11.5 Å². The van der Waals surface area contributed by atoms with Crippen LogP contribution in [-0.2, 0) is 16.9 Å². The second kappa shape index (κ2) is 6.05. The van der Waals surface area contributed by atoms with Crippen LogP contribution in [0, 0.1) is 6.92 Å². The van der Waals surface area contributed by atoms with Crippen molar-refractivity contribution in [2.45, 2.75) is 25.9 Å². The van der Waals surface area contributed by atoms with Gasteiger partial charge >= 0.3 is 6.03 Å². The summed E-state index contributed by atoms with van der Waals surface area (Å²) in [4.78, 5) is 26.8. The van der Waals surface area contributed by atoms with E-state index in [1.54, 1.807) is 25.1 Å². The van der Waals surface area contributed by atoms with Gasteiger partial charge in [0, 0.05) is 0 Å². The second-order valence-electron chi connectivity index (χ2n) is 6.79. The van der Waals surface area contributed by atoms with E-state index in [9.17, 15) is 9.59 Å². The Morgan fingerprint density at radius 1 is 1.04 bits per heavy atom. The zero-order valence-corrected chi connectivity index (χ0v) is 14.7. The van der Waals surface area contributed by atoms with Gasteiger partial charge in [-0.25, -0.2) is 4.79 Å². The van der Waals surface area contributed by atoms with Crippen LogP contribution in [0.5, 0.6) is 11.5 Å². The van der Waals surface area contributed by atoms with E-state index in [1.165, 1.54) is 4.90 Å². The molecule has 2 aromatic rings. The molecule has 2 heterocycles. The maximum Gasteiger partial charge on any atom is 0.325 e. The number of nitrogens with one attached hydrogen (secondary N) is 1. The van der Waals surface area contributed by atoms with Crippen LogP contribution >= 0.6 is 0 Å². The van der Waals surface area contributed by atoms with Gasteiger partial charge in [-0.05, 0) is 37.1 Å².